The summed E-state index contributed by atoms with van der Waals surface area (Å²) < 4.78 is 17.3. The molecule has 2 saturated heterocycles. The van der Waals surface area contributed by atoms with Gasteiger partial charge in [-0.1, -0.05) is 50.2 Å². The van der Waals surface area contributed by atoms with E-state index < -0.39 is 30.5 Å². The molecule has 3 aromatic rings. The summed E-state index contributed by atoms with van der Waals surface area (Å²) >= 11 is 0. The van der Waals surface area contributed by atoms with Crippen LogP contribution in [0, 0.1) is 0 Å². The van der Waals surface area contributed by atoms with Crippen LogP contribution in [0.25, 0.3) is 11.0 Å². The predicted octanol–water partition coefficient (Wildman–Crippen LogP) is 5.04. The molecule has 2 amide bonds. The van der Waals surface area contributed by atoms with Gasteiger partial charge in [0.1, 0.15) is 11.9 Å². The fraction of sp³-hybridized carbons (Fsp3) is 0.500. The van der Waals surface area contributed by atoms with Crippen LogP contribution in [0.2, 0.25) is 0 Å². The van der Waals surface area contributed by atoms with Crippen molar-refractivity contribution >= 4 is 35.6 Å². The summed E-state index contributed by atoms with van der Waals surface area (Å²) in [6, 6.07) is 14.0. The average molecular weight is 548 g/mol. The van der Waals surface area contributed by atoms with Crippen molar-refractivity contribution in [2.75, 3.05) is 7.11 Å². The molecular formula is C30H41BN4O5. The third-order valence-electron chi connectivity index (χ3n) is 8.12. The van der Waals surface area contributed by atoms with Crippen LogP contribution in [0.15, 0.2) is 48.5 Å². The van der Waals surface area contributed by atoms with Gasteiger partial charge in [-0.2, -0.15) is 0 Å². The average Bonchev–Trinajstić information content (AvgIpc) is 3.60. The third kappa shape index (κ3) is 5.60. The predicted molar refractivity (Wildman–Crippen MR) is 156 cm³/mol. The normalized spacial score (nSPS) is 22.0. The molecule has 214 valence electrons. The molecule has 5 rings (SSSR count). The van der Waals surface area contributed by atoms with Gasteiger partial charge in [-0.05, 0) is 70.6 Å². The van der Waals surface area contributed by atoms with Gasteiger partial charge in [-0.25, -0.2) is 9.78 Å². The Labute approximate surface area is 237 Å². The van der Waals surface area contributed by atoms with E-state index in [1.165, 1.54) is 7.11 Å². The highest BCUT2D eigenvalue weighted by atomic mass is 16.7. The van der Waals surface area contributed by atoms with E-state index in [4.69, 9.17) is 19.0 Å². The monoisotopic (exact) mass is 548 g/mol. The lowest BCUT2D eigenvalue weighted by Crippen LogP contribution is -2.45. The minimum atomic E-state index is -0.869. The summed E-state index contributed by atoms with van der Waals surface area (Å²) in [7, 11) is 0.812. The number of alkyl carbamates (subject to hydrolysis) is 1. The molecule has 2 aliphatic rings. The maximum atomic E-state index is 13.9. The molecule has 2 N–H and O–H groups in total. The molecule has 0 spiro atoms. The zero-order chi connectivity index (χ0) is 29.2. The van der Waals surface area contributed by atoms with Gasteiger partial charge in [0.15, 0.2) is 0 Å². The summed E-state index contributed by atoms with van der Waals surface area (Å²) in [5, 5.41) is 2.72. The molecule has 0 radical (unpaired) electrons. The maximum absolute atomic E-state index is 13.9. The van der Waals surface area contributed by atoms with Crippen LogP contribution < -0.4 is 10.8 Å². The number of H-pyrrole nitrogens is 1. The first-order valence-corrected chi connectivity index (χ1v) is 14.1. The maximum Gasteiger partial charge on any atom is 0.494 e. The van der Waals surface area contributed by atoms with Crippen molar-refractivity contribution in [2.45, 2.75) is 90.6 Å². The molecule has 0 aliphatic carbocycles. The van der Waals surface area contributed by atoms with Crippen molar-refractivity contribution in [1.29, 1.82) is 0 Å². The van der Waals surface area contributed by atoms with Crippen LogP contribution >= 0.6 is 0 Å². The number of carbonyl (C=O) groups excluding carboxylic acids is 2. The topological polar surface area (TPSA) is 106 Å². The number of rotatable bonds is 5. The summed E-state index contributed by atoms with van der Waals surface area (Å²) in [6.45, 7) is 14.2. The van der Waals surface area contributed by atoms with Gasteiger partial charge in [-0.15, -0.1) is 0 Å². The molecule has 3 heterocycles. The number of nitrogens with zero attached hydrogens (tertiary/aromatic N) is 2. The van der Waals surface area contributed by atoms with Crippen LogP contribution in [0.3, 0.4) is 0 Å². The van der Waals surface area contributed by atoms with Gasteiger partial charge in [-0.3, -0.25) is 4.79 Å². The van der Waals surface area contributed by atoms with Crippen molar-refractivity contribution in [3.8, 4) is 0 Å². The SMILES string of the molecule is CC.COC(=O)NC(C(=O)N1C(C)CCC1c1nc2ccc(B3OC(C)(C)C(C)(C)O3)cc2[nH]1)c1ccccc1. The molecule has 2 aromatic carbocycles. The number of amides is 2. The molecule has 0 saturated carbocycles. The molecule has 9 nitrogen and oxygen atoms in total. The summed E-state index contributed by atoms with van der Waals surface area (Å²) in [6.07, 6.45) is 0.928. The van der Waals surface area contributed by atoms with Crippen molar-refractivity contribution < 1.29 is 23.6 Å². The number of benzene rings is 2. The Hall–Kier alpha value is -3.37. The molecule has 3 atom stereocenters. The number of hydrogen-bond donors (Lipinski definition) is 2. The van der Waals surface area contributed by atoms with E-state index in [0.717, 1.165) is 29.3 Å². The van der Waals surface area contributed by atoms with E-state index in [2.05, 4.69) is 10.3 Å². The van der Waals surface area contributed by atoms with Crippen LogP contribution in [0.5, 0.6) is 0 Å². The molecule has 0 bridgehead atoms. The number of aromatic nitrogens is 2. The summed E-state index contributed by atoms with van der Waals surface area (Å²) in [5.74, 6) is 0.517. The van der Waals surface area contributed by atoms with Gasteiger partial charge < -0.3 is 29.2 Å². The highest BCUT2D eigenvalue weighted by Crippen LogP contribution is 2.38. The van der Waals surface area contributed by atoms with Gasteiger partial charge in [0, 0.05) is 6.04 Å². The van der Waals surface area contributed by atoms with E-state index in [9.17, 15) is 9.59 Å². The quantitative estimate of drug-likeness (QED) is 0.433. The standard InChI is InChI=1S/C28H35BN4O5.C2H6/c1-17-12-15-22(33(17)25(34)23(32-26(35)36-6)18-10-8-7-9-11-18)24-30-20-14-13-19(16-21(20)31-24)29-37-27(2,3)28(4,5)38-29;1-2/h7-11,13-14,16-17,22-23H,12,15H2,1-6H3,(H,30,31)(H,32,35);1-2H3. The fourth-order valence-electron chi connectivity index (χ4n) is 5.21. The highest BCUT2D eigenvalue weighted by molar-refractivity contribution is 6.62. The Bertz CT molecular complexity index is 1330. The Balaban J connectivity index is 0.00000181. The second-order valence-corrected chi connectivity index (χ2v) is 11.2. The molecule has 1 aromatic heterocycles. The van der Waals surface area contributed by atoms with Crippen LogP contribution in [-0.4, -0.2) is 58.3 Å². The first-order chi connectivity index (χ1) is 19.0. The van der Waals surface area contributed by atoms with Crippen molar-refractivity contribution in [1.82, 2.24) is 20.2 Å². The van der Waals surface area contributed by atoms with E-state index in [0.29, 0.717) is 11.4 Å². The van der Waals surface area contributed by atoms with Gasteiger partial charge in [0.05, 0.1) is 35.4 Å². The van der Waals surface area contributed by atoms with Gasteiger partial charge in [0.25, 0.3) is 5.91 Å². The molecule has 2 aliphatic heterocycles. The number of ether oxygens (including phenoxy) is 1. The number of aromatic amines is 1. The summed E-state index contributed by atoms with van der Waals surface area (Å²) in [4.78, 5) is 36.2. The minimum Gasteiger partial charge on any atom is -0.453 e. The number of likely N-dealkylation sites (tertiary alicyclic amines) is 1. The minimum absolute atomic E-state index is 0.0216. The van der Waals surface area contributed by atoms with Gasteiger partial charge in [0.2, 0.25) is 0 Å². The fourth-order valence-corrected chi connectivity index (χ4v) is 5.21. The van der Waals surface area contributed by atoms with Crippen LogP contribution in [-0.2, 0) is 18.8 Å². The van der Waals surface area contributed by atoms with Crippen molar-refractivity contribution in [2.24, 2.45) is 0 Å². The first kappa shape index (κ1) is 29.6. The zero-order valence-corrected chi connectivity index (χ0v) is 24.8. The molecular weight excluding hydrogens is 507 g/mol. The lowest BCUT2D eigenvalue weighted by atomic mass is 9.79. The van der Waals surface area contributed by atoms with Crippen LogP contribution in [0.1, 0.15) is 84.8 Å². The van der Waals surface area contributed by atoms with Gasteiger partial charge >= 0.3 is 13.2 Å². The van der Waals surface area contributed by atoms with Crippen molar-refractivity contribution in [3.63, 3.8) is 0 Å². The molecule has 2 fully saturated rings. The Morgan fingerprint density at radius 1 is 1.07 bits per heavy atom. The Morgan fingerprint density at radius 2 is 1.73 bits per heavy atom. The summed E-state index contributed by atoms with van der Waals surface area (Å²) in [5.41, 5.74) is 2.40. The van der Waals surface area contributed by atoms with E-state index >= 15 is 0 Å². The molecule has 40 heavy (non-hydrogen) atoms. The van der Waals surface area contributed by atoms with E-state index in [1.807, 2.05) is 102 Å². The second kappa shape index (κ2) is 11.6. The first-order valence-electron chi connectivity index (χ1n) is 14.1. The number of nitrogens with one attached hydrogen (secondary N) is 2. The number of carbonyl (C=O) groups is 2. The Morgan fingerprint density at radius 3 is 2.35 bits per heavy atom. The molecule has 10 heteroatoms. The van der Waals surface area contributed by atoms with E-state index in [1.54, 1.807) is 0 Å². The van der Waals surface area contributed by atoms with Crippen molar-refractivity contribution in [3.05, 3.63) is 59.9 Å². The Kier molecular flexibility index (Phi) is 8.61. The number of imidazole rings is 1. The smallest absolute Gasteiger partial charge is 0.453 e. The number of methoxy groups -OCH3 is 1. The molecule has 3 unspecified atom stereocenters. The number of hydrogen-bond acceptors (Lipinski definition) is 6. The van der Waals surface area contributed by atoms with E-state index in [-0.39, 0.29) is 18.0 Å². The lowest BCUT2D eigenvalue weighted by Gasteiger charge is -2.32. The largest absolute Gasteiger partial charge is 0.494 e. The third-order valence-corrected chi connectivity index (χ3v) is 8.12. The van der Waals surface area contributed by atoms with Crippen LogP contribution in [0.4, 0.5) is 4.79 Å². The lowest BCUT2D eigenvalue weighted by molar-refractivity contribution is -0.136. The highest BCUT2D eigenvalue weighted by Gasteiger charge is 2.51. The zero-order valence-electron chi connectivity index (χ0n) is 24.8. The number of fused-ring (bicyclic) bond motifs is 1. The second-order valence-electron chi connectivity index (χ2n) is 11.2.